The number of benzene rings is 2. The van der Waals surface area contributed by atoms with E-state index in [0.717, 1.165) is 0 Å². The minimum atomic E-state index is -1.13. The van der Waals surface area contributed by atoms with Crippen LogP contribution in [0, 0.1) is 6.92 Å². The maximum absolute atomic E-state index is 12.9. The molecule has 0 aliphatic carbocycles. The zero-order chi connectivity index (χ0) is 18.5. The van der Waals surface area contributed by atoms with Gasteiger partial charge in [-0.05, 0) is 19.1 Å². The van der Waals surface area contributed by atoms with Gasteiger partial charge >= 0.3 is 5.97 Å². The van der Waals surface area contributed by atoms with Crippen LogP contribution in [0.15, 0.2) is 77.6 Å². The van der Waals surface area contributed by atoms with Crippen LogP contribution in [0.25, 0.3) is 0 Å². The predicted octanol–water partition coefficient (Wildman–Crippen LogP) is 3.46. The van der Waals surface area contributed by atoms with Gasteiger partial charge in [0.05, 0.1) is 0 Å². The van der Waals surface area contributed by atoms with Crippen molar-refractivity contribution in [3.8, 4) is 0 Å². The summed E-state index contributed by atoms with van der Waals surface area (Å²) in [7, 11) is 0. The molecule has 0 unspecified atom stereocenters. The molecule has 0 radical (unpaired) electrons. The van der Waals surface area contributed by atoms with Gasteiger partial charge in [-0.2, -0.15) is 0 Å². The first-order valence-corrected chi connectivity index (χ1v) is 8.11. The molecule has 0 spiro atoms. The molecule has 5 nitrogen and oxygen atoms in total. The van der Waals surface area contributed by atoms with E-state index in [1.807, 2.05) is 0 Å². The van der Waals surface area contributed by atoms with Crippen LogP contribution in [0.1, 0.15) is 38.1 Å². The second-order valence-electron chi connectivity index (χ2n) is 5.81. The fraction of sp³-hybridized carbons (Fsp3) is 0.0952. The maximum atomic E-state index is 12.9. The van der Waals surface area contributed by atoms with Crippen LogP contribution in [0.2, 0.25) is 0 Å². The highest BCUT2D eigenvalue weighted by Crippen LogP contribution is 2.23. The highest BCUT2D eigenvalue weighted by Gasteiger charge is 2.27. The first-order chi connectivity index (χ1) is 12.6. The molecule has 2 aromatic carbocycles. The molecule has 130 valence electrons. The van der Waals surface area contributed by atoms with Crippen LogP contribution in [-0.2, 0) is 4.74 Å². The van der Waals surface area contributed by atoms with E-state index in [1.54, 1.807) is 73.7 Å². The fourth-order valence-electron chi connectivity index (χ4n) is 2.56. The van der Waals surface area contributed by atoms with Gasteiger partial charge in [0.1, 0.15) is 5.56 Å². The number of carbonyl (C=O) groups excluding carboxylic acids is 2. The SMILES string of the molecule is Cc1ccc(C(=O)O[C@H](C(=O)c2ccccc2)c2ccccc2)c(=O)[nH]1. The fourth-order valence-corrected chi connectivity index (χ4v) is 2.56. The molecule has 3 aromatic rings. The van der Waals surface area contributed by atoms with Gasteiger partial charge in [-0.3, -0.25) is 9.59 Å². The van der Waals surface area contributed by atoms with E-state index in [-0.39, 0.29) is 11.3 Å². The van der Waals surface area contributed by atoms with Gasteiger partial charge in [-0.25, -0.2) is 4.79 Å². The van der Waals surface area contributed by atoms with Crippen molar-refractivity contribution in [1.82, 2.24) is 4.98 Å². The van der Waals surface area contributed by atoms with E-state index in [4.69, 9.17) is 4.74 Å². The largest absolute Gasteiger partial charge is 0.445 e. The topological polar surface area (TPSA) is 76.2 Å². The lowest BCUT2D eigenvalue weighted by Gasteiger charge is -2.17. The third-order valence-electron chi connectivity index (χ3n) is 3.90. The van der Waals surface area contributed by atoms with Crippen LogP contribution in [0.5, 0.6) is 0 Å². The molecule has 5 heteroatoms. The molecular weight excluding hydrogens is 330 g/mol. The van der Waals surface area contributed by atoms with E-state index in [1.165, 1.54) is 6.07 Å². The van der Waals surface area contributed by atoms with Crippen molar-refractivity contribution in [2.75, 3.05) is 0 Å². The van der Waals surface area contributed by atoms with Gasteiger partial charge in [0.2, 0.25) is 5.78 Å². The average molecular weight is 347 g/mol. The molecule has 1 N–H and O–H groups in total. The molecule has 26 heavy (non-hydrogen) atoms. The molecule has 1 atom stereocenters. The summed E-state index contributed by atoms with van der Waals surface area (Å²) >= 11 is 0. The Balaban J connectivity index is 1.95. The van der Waals surface area contributed by atoms with E-state index >= 15 is 0 Å². The molecule has 0 fully saturated rings. The van der Waals surface area contributed by atoms with Crippen LogP contribution in [0.3, 0.4) is 0 Å². The Morgan fingerprint density at radius 1 is 0.885 bits per heavy atom. The Morgan fingerprint density at radius 2 is 1.50 bits per heavy atom. The molecule has 0 aliphatic heterocycles. The second-order valence-corrected chi connectivity index (χ2v) is 5.81. The molecule has 1 heterocycles. The summed E-state index contributed by atoms with van der Waals surface area (Å²) in [6.07, 6.45) is -1.13. The molecule has 1 aromatic heterocycles. The molecule has 0 saturated carbocycles. The number of Topliss-reactive ketones (excluding diaryl/α,β-unsaturated/α-hetero) is 1. The molecule has 0 bridgehead atoms. The number of ketones is 1. The number of hydrogen-bond acceptors (Lipinski definition) is 4. The Kier molecular flexibility index (Phi) is 5.08. The van der Waals surface area contributed by atoms with Gasteiger partial charge in [0.15, 0.2) is 6.10 Å². The average Bonchev–Trinajstić information content (AvgIpc) is 2.67. The van der Waals surface area contributed by atoms with Crippen LogP contribution >= 0.6 is 0 Å². The Bertz CT molecular complexity index is 978. The molecule has 3 rings (SSSR count). The summed E-state index contributed by atoms with van der Waals surface area (Å²) in [5.74, 6) is -1.20. The summed E-state index contributed by atoms with van der Waals surface area (Å²) in [5, 5.41) is 0. The zero-order valence-corrected chi connectivity index (χ0v) is 14.1. The number of ether oxygens (including phenoxy) is 1. The smallest absolute Gasteiger partial charge is 0.344 e. The van der Waals surface area contributed by atoms with Crippen molar-refractivity contribution in [1.29, 1.82) is 0 Å². The number of H-pyrrole nitrogens is 1. The number of rotatable bonds is 5. The monoisotopic (exact) mass is 347 g/mol. The lowest BCUT2D eigenvalue weighted by atomic mass is 10.00. The first kappa shape index (κ1) is 17.4. The van der Waals surface area contributed by atoms with E-state index < -0.39 is 17.6 Å². The molecular formula is C21H17NO4. The number of pyridine rings is 1. The van der Waals surface area contributed by atoms with Crippen molar-refractivity contribution < 1.29 is 14.3 Å². The second kappa shape index (κ2) is 7.61. The normalized spacial score (nSPS) is 11.6. The first-order valence-electron chi connectivity index (χ1n) is 8.11. The Hall–Kier alpha value is -3.47. The zero-order valence-electron chi connectivity index (χ0n) is 14.1. The standard InChI is InChI=1S/C21H17NO4/c1-14-12-13-17(20(24)22-14)21(25)26-19(16-10-6-3-7-11-16)18(23)15-8-4-2-5-9-15/h2-13,19H,1H3,(H,22,24)/t19-/m0/s1. The van der Waals surface area contributed by atoms with Gasteiger partial charge in [0, 0.05) is 16.8 Å². The van der Waals surface area contributed by atoms with Gasteiger partial charge in [-0.15, -0.1) is 0 Å². The number of aromatic amines is 1. The molecule has 0 saturated heterocycles. The van der Waals surface area contributed by atoms with Crippen molar-refractivity contribution in [2.24, 2.45) is 0 Å². The summed E-state index contributed by atoms with van der Waals surface area (Å²) in [4.78, 5) is 39.9. The van der Waals surface area contributed by atoms with Crippen LogP contribution in [0.4, 0.5) is 0 Å². The Morgan fingerprint density at radius 3 is 2.12 bits per heavy atom. The predicted molar refractivity (Wildman–Crippen MR) is 97.2 cm³/mol. The summed E-state index contributed by atoms with van der Waals surface area (Å²) in [6.45, 7) is 1.71. The molecule has 0 amide bonds. The number of aryl methyl sites for hydroxylation is 1. The maximum Gasteiger partial charge on any atom is 0.344 e. The quantitative estimate of drug-likeness (QED) is 0.566. The number of aromatic nitrogens is 1. The van der Waals surface area contributed by atoms with Crippen molar-refractivity contribution in [2.45, 2.75) is 13.0 Å². The van der Waals surface area contributed by atoms with E-state index in [2.05, 4.69) is 4.98 Å². The van der Waals surface area contributed by atoms with Crippen molar-refractivity contribution in [3.63, 3.8) is 0 Å². The lowest BCUT2D eigenvalue weighted by Crippen LogP contribution is -2.25. The van der Waals surface area contributed by atoms with Gasteiger partial charge < -0.3 is 9.72 Å². The van der Waals surface area contributed by atoms with Crippen molar-refractivity contribution in [3.05, 3.63) is 106 Å². The summed E-state index contributed by atoms with van der Waals surface area (Å²) < 4.78 is 5.45. The summed E-state index contributed by atoms with van der Waals surface area (Å²) in [6, 6.07) is 20.3. The third-order valence-corrected chi connectivity index (χ3v) is 3.90. The van der Waals surface area contributed by atoms with Crippen molar-refractivity contribution >= 4 is 11.8 Å². The number of hydrogen-bond donors (Lipinski definition) is 1. The Labute approximate surface area is 150 Å². The number of nitrogens with one attached hydrogen (secondary N) is 1. The van der Waals surface area contributed by atoms with Gasteiger partial charge in [0.25, 0.3) is 5.56 Å². The van der Waals surface area contributed by atoms with E-state index in [0.29, 0.717) is 16.8 Å². The third kappa shape index (κ3) is 3.78. The highest BCUT2D eigenvalue weighted by atomic mass is 16.5. The van der Waals surface area contributed by atoms with Crippen LogP contribution in [-0.4, -0.2) is 16.7 Å². The number of carbonyl (C=O) groups is 2. The van der Waals surface area contributed by atoms with Crippen LogP contribution < -0.4 is 5.56 Å². The lowest BCUT2D eigenvalue weighted by molar-refractivity contribution is 0.0278. The van der Waals surface area contributed by atoms with E-state index in [9.17, 15) is 14.4 Å². The summed E-state index contributed by atoms with van der Waals surface area (Å²) in [5.41, 5.74) is 0.906. The molecule has 0 aliphatic rings. The minimum Gasteiger partial charge on any atom is -0.445 e. The minimum absolute atomic E-state index is 0.141. The highest BCUT2D eigenvalue weighted by molar-refractivity contribution is 6.02. The van der Waals surface area contributed by atoms with Gasteiger partial charge in [-0.1, -0.05) is 60.7 Å². The number of esters is 1.